The Balaban J connectivity index is 1.23. The van der Waals surface area contributed by atoms with Crippen molar-refractivity contribution in [2.75, 3.05) is 26.3 Å². The van der Waals surface area contributed by atoms with Gasteiger partial charge in [-0.05, 0) is 62.6 Å². The van der Waals surface area contributed by atoms with Crippen LogP contribution in [-0.2, 0) is 16.1 Å². The summed E-state index contributed by atoms with van der Waals surface area (Å²) >= 11 is 0. The summed E-state index contributed by atoms with van der Waals surface area (Å²) in [4.78, 5) is 19.0. The first-order chi connectivity index (χ1) is 14.6. The van der Waals surface area contributed by atoms with Crippen LogP contribution in [0.4, 0.5) is 0 Å². The molecule has 0 N–H and O–H groups in total. The van der Waals surface area contributed by atoms with E-state index >= 15 is 0 Å². The summed E-state index contributed by atoms with van der Waals surface area (Å²) in [6, 6.07) is 14.1. The first kappa shape index (κ1) is 21.0. The van der Waals surface area contributed by atoms with Gasteiger partial charge in [-0.3, -0.25) is 9.78 Å². The second kappa shape index (κ2) is 9.71. The molecule has 0 saturated carbocycles. The van der Waals surface area contributed by atoms with Crippen LogP contribution < -0.4 is 0 Å². The summed E-state index contributed by atoms with van der Waals surface area (Å²) in [5.74, 6) is 0.720. The largest absolute Gasteiger partial charge is 0.377 e. The monoisotopic (exact) mass is 408 g/mol. The van der Waals surface area contributed by atoms with E-state index in [0.29, 0.717) is 18.1 Å². The van der Waals surface area contributed by atoms with Gasteiger partial charge < -0.3 is 14.4 Å². The predicted molar refractivity (Wildman–Crippen MR) is 116 cm³/mol. The van der Waals surface area contributed by atoms with Crippen LogP contribution in [0.5, 0.6) is 0 Å². The maximum absolute atomic E-state index is 12.8. The maximum atomic E-state index is 12.8. The highest BCUT2D eigenvalue weighted by molar-refractivity contribution is 5.94. The fraction of sp³-hybridized carbons (Fsp3) is 0.520. The van der Waals surface area contributed by atoms with Crippen LogP contribution in [0.15, 0.2) is 48.7 Å². The molecule has 2 aliphatic heterocycles. The fourth-order valence-electron chi connectivity index (χ4n) is 4.63. The van der Waals surface area contributed by atoms with Crippen molar-refractivity contribution in [3.63, 3.8) is 0 Å². The molecular weight excluding hydrogens is 376 g/mol. The summed E-state index contributed by atoms with van der Waals surface area (Å²) < 4.78 is 12.2. The highest BCUT2D eigenvalue weighted by Crippen LogP contribution is 2.39. The van der Waals surface area contributed by atoms with E-state index < -0.39 is 0 Å². The molecule has 160 valence electrons. The van der Waals surface area contributed by atoms with Crippen LogP contribution >= 0.6 is 0 Å². The van der Waals surface area contributed by atoms with E-state index in [9.17, 15) is 4.79 Å². The van der Waals surface area contributed by atoms with Crippen LogP contribution in [0.1, 0.15) is 53.7 Å². The van der Waals surface area contributed by atoms with Gasteiger partial charge in [0.2, 0.25) is 0 Å². The topological polar surface area (TPSA) is 51.7 Å². The first-order valence-electron chi connectivity index (χ1n) is 11.1. The number of pyridine rings is 1. The van der Waals surface area contributed by atoms with Crippen molar-refractivity contribution in [2.45, 2.75) is 51.2 Å². The smallest absolute Gasteiger partial charge is 0.255 e. The third kappa shape index (κ3) is 5.27. The number of ether oxygens (including phenoxy) is 2. The molecule has 1 aromatic carbocycles. The average Bonchev–Trinajstić information content (AvgIpc) is 2.78. The Hall–Kier alpha value is -2.24. The van der Waals surface area contributed by atoms with E-state index in [1.54, 1.807) is 6.20 Å². The summed E-state index contributed by atoms with van der Waals surface area (Å²) in [6.45, 7) is 5.73. The van der Waals surface area contributed by atoms with Gasteiger partial charge in [-0.15, -0.1) is 0 Å². The van der Waals surface area contributed by atoms with E-state index in [1.165, 1.54) is 5.56 Å². The lowest BCUT2D eigenvalue weighted by atomic mass is 9.78. The molecule has 1 atom stereocenters. The second-order valence-corrected chi connectivity index (χ2v) is 8.70. The molecule has 0 aliphatic carbocycles. The highest BCUT2D eigenvalue weighted by atomic mass is 16.5. The average molecular weight is 409 g/mol. The van der Waals surface area contributed by atoms with Crippen LogP contribution in [0.2, 0.25) is 0 Å². The van der Waals surface area contributed by atoms with E-state index in [-0.39, 0.29) is 11.5 Å². The minimum atomic E-state index is -0.0648. The second-order valence-electron chi connectivity index (χ2n) is 8.70. The number of nitrogens with zero attached hydrogens (tertiary/aromatic N) is 2. The van der Waals surface area contributed by atoms with Crippen molar-refractivity contribution in [1.82, 2.24) is 9.88 Å². The van der Waals surface area contributed by atoms with Gasteiger partial charge >= 0.3 is 0 Å². The number of carbonyl (C=O) groups excluding carboxylic acids is 1. The maximum Gasteiger partial charge on any atom is 0.255 e. The lowest BCUT2D eigenvalue weighted by Crippen LogP contribution is -2.50. The molecule has 1 unspecified atom stereocenters. The van der Waals surface area contributed by atoms with Crippen molar-refractivity contribution >= 4 is 5.91 Å². The minimum absolute atomic E-state index is 0.0648. The SMILES string of the molecule is Cc1ccc(C(=O)N2CCC3(CC2)CC(CCOCc2ccccc2)CCO3)cn1. The number of hydrogen-bond donors (Lipinski definition) is 0. The van der Waals surface area contributed by atoms with E-state index in [1.807, 2.05) is 42.2 Å². The van der Waals surface area contributed by atoms with Gasteiger partial charge in [0.05, 0.1) is 17.8 Å². The molecule has 2 aromatic rings. The van der Waals surface area contributed by atoms with Gasteiger partial charge in [0.25, 0.3) is 5.91 Å². The molecule has 2 aliphatic rings. The van der Waals surface area contributed by atoms with Gasteiger partial charge in [-0.25, -0.2) is 0 Å². The van der Waals surface area contributed by atoms with Gasteiger partial charge in [0.15, 0.2) is 0 Å². The summed E-state index contributed by atoms with van der Waals surface area (Å²) in [7, 11) is 0. The number of hydrogen-bond acceptors (Lipinski definition) is 4. The molecule has 1 amide bonds. The standard InChI is InChI=1S/C25H32N2O3/c1-20-7-8-23(18-26-20)24(28)27-13-11-25(12-14-27)17-21(10-16-30-25)9-15-29-19-22-5-3-2-4-6-22/h2-8,18,21H,9-17,19H2,1H3. The Morgan fingerprint density at radius 2 is 2.00 bits per heavy atom. The van der Waals surface area contributed by atoms with Crippen LogP contribution in [0.3, 0.4) is 0 Å². The number of aryl methyl sites for hydroxylation is 1. The molecule has 1 aromatic heterocycles. The quantitative estimate of drug-likeness (QED) is 0.665. The van der Waals surface area contributed by atoms with Gasteiger partial charge in [-0.2, -0.15) is 0 Å². The lowest BCUT2D eigenvalue weighted by Gasteiger charge is -2.46. The summed E-state index contributed by atoms with van der Waals surface area (Å²) in [6.07, 6.45) is 6.78. The number of benzene rings is 1. The van der Waals surface area contributed by atoms with Crippen LogP contribution in [-0.4, -0.2) is 47.7 Å². The molecule has 3 heterocycles. The van der Waals surface area contributed by atoms with E-state index in [4.69, 9.17) is 9.47 Å². The third-order valence-electron chi connectivity index (χ3n) is 6.50. The number of aromatic nitrogens is 1. The Bertz CT molecular complexity index is 814. The molecule has 4 rings (SSSR count). The predicted octanol–water partition coefficient (Wildman–Crippen LogP) is 4.40. The van der Waals surface area contributed by atoms with Crippen molar-refractivity contribution in [1.29, 1.82) is 0 Å². The number of piperidine rings is 1. The number of likely N-dealkylation sites (tertiary alicyclic amines) is 1. The van der Waals surface area contributed by atoms with Crippen molar-refractivity contribution in [3.05, 3.63) is 65.5 Å². The highest BCUT2D eigenvalue weighted by Gasteiger charge is 2.41. The number of rotatable bonds is 6. The van der Waals surface area contributed by atoms with Crippen LogP contribution in [0, 0.1) is 12.8 Å². The molecule has 30 heavy (non-hydrogen) atoms. The summed E-state index contributed by atoms with van der Waals surface area (Å²) in [5, 5.41) is 0. The minimum Gasteiger partial charge on any atom is -0.377 e. The summed E-state index contributed by atoms with van der Waals surface area (Å²) in [5.41, 5.74) is 2.76. The molecular formula is C25H32N2O3. The Kier molecular flexibility index (Phi) is 6.80. The zero-order valence-corrected chi connectivity index (χ0v) is 17.9. The number of amides is 1. The Labute approximate surface area is 179 Å². The zero-order chi connectivity index (χ0) is 20.8. The van der Waals surface area contributed by atoms with Crippen molar-refractivity contribution in [3.8, 4) is 0 Å². The van der Waals surface area contributed by atoms with Gasteiger partial charge in [0, 0.05) is 38.2 Å². The van der Waals surface area contributed by atoms with Gasteiger partial charge in [-0.1, -0.05) is 30.3 Å². The Morgan fingerprint density at radius 1 is 1.20 bits per heavy atom. The van der Waals surface area contributed by atoms with Crippen LogP contribution in [0.25, 0.3) is 0 Å². The first-order valence-corrected chi connectivity index (χ1v) is 11.1. The molecule has 2 saturated heterocycles. The Morgan fingerprint density at radius 3 is 2.73 bits per heavy atom. The van der Waals surface area contributed by atoms with E-state index in [2.05, 4.69) is 17.1 Å². The molecule has 5 heteroatoms. The normalized spacial score (nSPS) is 21.0. The lowest BCUT2D eigenvalue weighted by molar-refractivity contribution is -0.126. The number of carbonyl (C=O) groups is 1. The van der Waals surface area contributed by atoms with Gasteiger partial charge in [0.1, 0.15) is 0 Å². The molecule has 1 spiro atoms. The van der Waals surface area contributed by atoms with Crippen molar-refractivity contribution < 1.29 is 14.3 Å². The molecule has 0 radical (unpaired) electrons. The van der Waals surface area contributed by atoms with Crippen molar-refractivity contribution in [2.24, 2.45) is 5.92 Å². The zero-order valence-electron chi connectivity index (χ0n) is 17.9. The third-order valence-corrected chi connectivity index (χ3v) is 6.50. The van der Waals surface area contributed by atoms with E-state index in [0.717, 1.165) is 64.1 Å². The fourth-order valence-corrected chi connectivity index (χ4v) is 4.63. The molecule has 5 nitrogen and oxygen atoms in total. The molecule has 0 bridgehead atoms. The molecule has 2 fully saturated rings.